The highest BCUT2D eigenvalue weighted by molar-refractivity contribution is 5.97. The van der Waals surface area contributed by atoms with E-state index < -0.39 is 0 Å². The van der Waals surface area contributed by atoms with Gasteiger partial charge < -0.3 is 14.2 Å². The summed E-state index contributed by atoms with van der Waals surface area (Å²) < 4.78 is 10.8. The molecule has 0 N–H and O–H groups in total. The summed E-state index contributed by atoms with van der Waals surface area (Å²) in [5.41, 5.74) is 5.15. The molecule has 1 aliphatic rings. The van der Waals surface area contributed by atoms with Crippen LogP contribution in [-0.4, -0.2) is 29.7 Å². The van der Waals surface area contributed by atoms with Crippen LogP contribution in [0.25, 0.3) is 11.5 Å². The minimum absolute atomic E-state index is 0.0868. The lowest BCUT2D eigenvalue weighted by Gasteiger charge is -2.22. The van der Waals surface area contributed by atoms with Gasteiger partial charge in [0.05, 0.1) is 12.7 Å². The van der Waals surface area contributed by atoms with Crippen LogP contribution < -0.4 is 9.64 Å². The lowest BCUT2D eigenvalue weighted by molar-refractivity contribution is -0.117. The molecule has 0 aliphatic carbocycles. The molecule has 1 fully saturated rings. The van der Waals surface area contributed by atoms with E-state index in [9.17, 15) is 4.79 Å². The van der Waals surface area contributed by atoms with Crippen molar-refractivity contribution in [3.05, 3.63) is 58.9 Å². The number of ether oxygens (including phenoxy) is 1. The monoisotopic (exact) mass is 377 g/mol. The van der Waals surface area contributed by atoms with Gasteiger partial charge in [-0.2, -0.15) is 4.98 Å². The van der Waals surface area contributed by atoms with E-state index >= 15 is 0 Å². The van der Waals surface area contributed by atoms with Crippen LogP contribution in [0, 0.1) is 20.8 Å². The SMILES string of the molecule is COc1ccccc1-c1nc(C2CC(=O)N(c3c(C)cc(C)cc3C)C2)no1. The van der Waals surface area contributed by atoms with Crippen molar-refractivity contribution in [1.82, 2.24) is 10.1 Å². The number of aryl methyl sites for hydroxylation is 3. The van der Waals surface area contributed by atoms with Crippen LogP contribution in [0.5, 0.6) is 5.75 Å². The highest BCUT2D eigenvalue weighted by Gasteiger charge is 2.36. The number of hydrogen-bond acceptors (Lipinski definition) is 5. The Bertz CT molecular complexity index is 1020. The topological polar surface area (TPSA) is 68.5 Å². The van der Waals surface area contributed by atoms with Gasteiger partial charge in [0.25, 0.3) is 5.89 Å². The molecular weight excluding hydrogens is 354 g/mol. The first kappa shape index (κ1) is 18.2. The second-order valence-electron chi connectivity index (χ2n) is 7.31. The summed E-state index contributed by atoms with van der Waals surface area (Å²) in [4.78, 5) is 19.2. The summed E-state index contributed by atoms with van der Waals surface area (Å²) in [6, 6.07) is 11.7. The molecule has 2 aromatic carbocycles. The van der Waals surface area contributed by atoms with Gasteiger partial charge in [-0.15, -0.1) is 0 Å². The van der Waals surface area contributed by atoms with Crippen LogP contribution in [0.15, 0.2) is 40.9 Å². The molecule has 1 amide bonds. The van der Waals surface area contributed by atoms with Crippen LogP contribution in [0.4, 0.5) is 5.69 Å². The first-order chi connectivity index (χ1) is 13.5. The van der Waals surface area contributed by atoms with Gasteiger partial charge in [0.1, 0.15) is 5.75 Å². The minimum Gasteiger partial charge on any atom is -0.496 e. The van der Waals surface area contributed by atoms with Gasteiger partial charge >= 0.3 is 0 Å². The lowest BCUT2D eigenvalue weighted by atomic mass is 10.0. The average Bonchev–Trinajstić information content (AvgIpc) is 3.28. The van der Waals surface area contributed by atoms with Gasteiger partial charge in [-0.05, 0) is 44.0 Å². The summed E-state index contributed by atoms with van der Waals surface area (Å²) in [6.07, 6.45) is 0.373. The van der Waals surface area contributed by atoms with Crippen molar-refractivity contribution in [2.45, 2.75) is 33.1 Å². The predicted molar refractivity (Wildman–Crippen MR) is 107 cm³/mol. The summed E-state index contributed by atoms with van der Waals surface area (Å²) >= 11 is 0. The minimum atomic E-state index is -0.0974. The molecule has 6 nitrogen and oxygen atoms in total. The number of hydrogen-bond donors (Lipinski definition) is 0. The predicted octanol–water partition coefficient (Wildman–Crippen LogP) is 4.19. The number of carbonyl (C=O) groups is 1. The van der Waals surface area contributed by atoms with Crippen LogP contribution in [0.3, 0.4) is 0 Å². The van der Waals surface area contributed by atoms with Crippen LogP contribution in [-0.2, 0) is 4.79 Å². The van der Waals surface area contributed by atoms with E-state index in [4.69, 9.17) is 9.26 Å². The second-order valence-corrected chi connectivity index (χ2v) is 7.31. The molecule has 4 rings (SSSR count). The molecule has 3 aromatic rings. The smallest absolute Gasteiger partial charge is 0.261 e. The number of carbonyl (C=O) groups excluding carboxylic acids is 1. The van der Waals surface area contributed by atoms with E-state index in [0.29, 0.717) is 30.4 Å². The van der Waals surface area contributed by atoms with Gasteiger partial charge in [-0.1, -0.05) is 35.0 Å². The third-order valence-corrected chi connectivity index (χ3v) is 5.17. The van der Waals surface area contributed by atoms with Crippen molar-refractivity contribution >= 4 is 11.6 Å². The normalized spacial score (nSPS) is 16.6. The first-order valence-corrected chi connectivity index (χ1v) is 9.33. The highest BCUT2D eigenvalue weighted by atomic mass is 16.5. The number of rotatable bonds is 4. The van der Waals surface area contributed by atoms with Crippen molar-refractivity contribution in [3.63, 3.8) is 0 Å². The molecule has 28 heavy (non-hydrogen) atoms. The molecular formula is C22H23N3O3. The third-order valence-electron chi connectivity index (χ3n) is 5.17. The molecule has 0 saturated carbocycles. The van der Waals surface area contributed by atoms with Crippen LogP contribution in [0.2, 0.25) is 0 Å². The Morgan fingerprint density at radius 1 is 1.14 bits per heavy atom. The average molecular weight is 377 g/mol. The standard InChI is InChI=1S/C22H23N3O3/c1-13-9-14(2)20(15(3)10-13)25-12-16(11-19(25)26)21-23-22(28-24-21)17-7-5-6-8-18(17)27-4/h5-10,16H,11-12H2,1-4H3. The van der Waals surface area contributed by atoms with Gasteiger partial charge in [0, 0.05) is 24.6 Å². The molecule has 1 unspecified atom stereocenters. The second kappa shape index (κ2) is 7.11. The number of nitrogens with zero attached hydrogens (tertiary/aromatic N) is 3. The molecule has 1 atom stereocenters. The Hall–Kier alpha value is -3.15. The summed E-state index contributed by atoms with van der Waals surface area (Å²) in [5, 5.41) is 4.15. The fourth-order valence-corrected chi connectivity index (χ4v) is 4.03. The van der Waals surface area contributed by atoms with Crippen LogP contribution >= 0.6 is 0 Å². The largest absolute Gasteiger partial charge is 0.496 e. The Kier molecular flexibility index (Phi) is 4.63. The van der Waals surface area contributed by atoms with Crippen molar-refractivity contribution in [1.29, 1.82) is 0 Å². The maximum atomic E-state index is 12.7. The molecule has 144 valence electrons. The number of para-hydroxylation sites is 1. The number of anilines is 1. The zero-order valence-electron chi connectivity index (χ0n) is 16.5. The van der Waals surface area contributed by atoms with E-state index in [1.807, 2.05) is 43.0 Å². The zero-order chi connectivity index (χ0) is 19.8. The molecule has 0 spiro atoms. The van der Waals surface area contributed by atoms with Gasteiger partial charge in [-0.25, -0.2) is 0 Å². The Morgan fingerprint density at radius 2 is 1.86 bits per heavy atom. The molecule has 1 saturated heterocycles. The van der Waals surface area contributed by atoms with Gasteiger partial charge in [-0.3, -0.25) is 4.79 Å². The zero-order valence-corrected chi connectivity index (χ0v) is 16.5. The van der Waals surface area contributed by atoms with E-state index in [1.165, 1.54) is 5.56 Å². The molecule has 1 aromatic heterocycles. The van der Waals surface area contributed by atoms with Crippen molar-refractivity contribution in [2.75, 3.05) is 18.6 Å². The summed E-state index contributed by atoms with van der Waals surface area (Å²) in [6.45, 7) is 6.71. The fourth-order valence-electron chi connectivity index (χ4n) is 4.03. The lowest BCUT2D eigenvalue weighted by Crippen LogP contribution is -2.26. The number of methoxy groups -OCH3 is 1. The van der Waals surface area contributed by atoms with Gasteiger partial charge in [0.2, 0.25) is 5.91 Å². The van der Waals surface area contributed by atoms with Crippen molar-refractivity contribution < 1.29 is 14.1 Å². The summed E-state index contributed by atoms with van der Waals surface area (Å²) in [5.74, 6) is 1.62. The van der Waals surface area contributed by atoms with Gasteiger partial charge in [0.15, 0.2) is 5.82 Å². The Labute approximate surface area is 164 Å². The highest BCUT2D eigenvalue weighted by Crippen LogP contribution is 2.36. The van der Waals surface area contributed by atoms with Crippen LogP contribution in [0.1, 0.15) is 34.9 Å². The third kappa shape index (κ3) is 3.15. The van der Waals surface area contributed by atoms with E-state index in [-0.39, 0.29) is 11.8 Å². The summed E-state index contributed by atoms with van der Waals surface area (Å²) in [7, 11) is 1.61. The Morgan fingerprint density at radius 3 is 2.57 bits per heavy atom. The number of aromatic nitrogens is 2. The first-order valence-electron chi connectivity index (χ1n) is 9.33. The van der Waals surface area contributed by atoms with E-state index in [0.717, 1.165) is 22.4 Å². The van der Waals surface area contributed by atoms with E-state index in [1.54, 1.807) is 7.11 Å². The fraction of sp³-hybridized carbons (Fsp3) is 0.318. The quantitative estimate of drug-likeness (QED) is 0.682. The van der Waals surface area contributed by atoms with E-state index in [2.05, 4.69) is 29.2 Å². The molecule has 2 heterocycles. The van der Waals surface area contributed by atoms with Crippen molar-refractivity contribution in [3.8, 4) is 17.2 Å². The maximum Gasteiger partial charge on any atom is 0.261 e. The van der Waals surface area contributed by atoms with Crippen molar-refractivity contribution in [2.24, 2.45) is 0 Å². The number of benzene rings is 2. The Balaban J connectivity index is 1.61. The molecule has 0 radical (unpaired) electrons. The molecule has 1 aliphatic heterocycles. The molecule has 0 bridgehead atoms. The number of amides is 1. The maximum absolute atomic E-state index is 12.7. The molecule has 6 heteroatoms.